The summed E-state index contributed by atoms with van der Waals surface area (Å²) in [6.45, 7) is 0.426. The van der Waals surface area contributed by atoms with Crippen LogP contribution in [0.15, 0.2) is 48.5 Å². The van der Waals surface area contributed by atoms with E-state index in [0.717, 1.165) is 11.4 Å². The maximum absolute atomic E-state index is 11.2. The van der Waals surface area contributed by atoms with Crippen LogP contribution in [0.25, 0.3) is 0 Å². The lowest BCUT2D eigenvalue weighted by atomic mass is 10.2. The normalized spacial score (nSPS) is 10.6. The summed E-state index contributed by atoms with van der Waals surface area (Å²) in [5.74, 6) is 0. The monoisotopic (exact) mass is 317 g/mol. The van der Waals surface area contributed by atoms with E-state index in [1.165, 1.54) is 6.07 Å². The van der Waals surface area contributed by atoms with Crippen LogP contribution in [0.2, 0.25) is 0 Å². The van der Waals surface area contributed by atoms with E-state index in [1.54, 1.807) is 26.4 Å². The zero-order chi connectivity index (χ0) is 16.7. The molecule has 0 aliphatic heterocycles. The number of hydrogen-bond donors (Lipinski definition) is 2. The topological polar surface area (TPSA) is 85.7 Å². The highest BCUT2D eigenvalue weighted by molar-refractivity contribution is 5.73. The maximum Gasteiger partial charge on any atom is 0.292 e. The summed E-state index contributed by atoms with van der Waals surface area (Å²) in [4.78, 5) is 10.8. The maximum atomic E-state index is 11.2. The van der Waals surface area contributed by atoms with E-state index in [9.17, 15) is 10.1 Å². The van der Waals surface area contributed by atoms with Crippen LogP contribution in [0.3, 0.4) is 0 Å². The zero-order valence-corrected chi connectivity index (χ0v) is 13.0. The fourth-order valence-electron chi connectivity index (χ4n) is 2.05. The first-order valence-corrected chi connectivity index (χ1v) is 7.04. The molecule has 0 aliphatic carbocycles. The van der Waals surface area contributed by atoms with Crippen LogP contribution in [0.4, 0.5) is 22.7 Å². The minimum Gasteiger partial charge on any atom is -0.380 e. The predicted molar refractivity (Wildman–Crippen MR) is 89.1 cm³/mol. The van der Waals surface area contributed by atoms with E-state index < -0.39 is 11.2 Å². The highest BCUT2D eigenvalue weighted by Crippen LogP contribution is 2.30. The zero-order valence-electron chi connectivity index (χ0n) is 13.0. The Labute approximate surface area is 134 Å². The van der Waals surface area contributed by atoms with E-state index in [0.29, 0.717) is 12.2 Å². The highest BCUT2D eigenvalue weighted by Gasteiger charge is 2.15. The van der Waals surface area contributed by atoms with Crippen molar-refractivity contribution >= 4 is 22.7 Å². The van der Waals surface area contributed by atoms with Gasteiger partial charge in [-0.1, -0.05) is 18.2 Å². The smallest absolute Gasteiger partial charge is 0.292 e. The van der Waals surface area contributed by atoms with Crippen molar-refractivity contribution in [2.75, 3.05) is 31.4 Å². The molecular formula is C16H19N3O4. The molecule has 0 fully saturated rings. The summed E-state index contributed by atoms with van der Waals surface area (Å²) in [5, 5.41) is 17.4. The molecule has 0 radical (unpaired) electrons. The summed E-state index contributed by atoms with van der Waals surface area (Å²) in [7, 11) is 3.10. The van der Waals surface area contributed by atoms with Gasteiger partial charge in [0.15, 0.2) is 6.29 Å². The van der Waals surface area contributed by atoms with Gasteiger partial charge < -0.3 is 20.1 Å². The molecule has 7 nitrogen and oxygen atoms in total. The second-order valence-corrected chi connectivity index (χ2v) is 4.76. The first-order chi connectivity index (χ1) is 11.1. The molecule has 0 saturated heterocycles. The van der Waals surface area contributed by atoms with Gasteiger partial charge in [-0.3, -0.25) is 10.1 Å². The molecule has 0 aliphatic rings. The number of para-hydroxylation sites is 1. The Morgan fingerprint density at radius 3 is 2.39 bits per heavy atom. The summed E-state index contributed by atoms with van der Waals surface area (Å²) in [6, 6.07) is 14.1. The lowest BCUT2D eigenvalue weighted by molar-refractivity contribution is -0.383. The van der Waals surface area contributed by atoms with Gasteiger partial charge in [0.05, 0.1) is 11.5 Å². The van der Waals surface area contributed by atoms with E-state index in [1.807, 2.05) is 30.3 Å². The lowest BCUT2D eigenvalue weighted by Gasteiger charge is -2.15. The highest BCUT2D eigenvalue weighted by atomic mass is 16.7. The molecule has 0 spiro atoms. The lowest BCUT2D eigenvalue weighted by Crippen LogP contribution is -2.23. The van der Waals surface area contributed by atoms with E-state index in [2.05, 4.69) is 10.6 Å². The minimum absolute atomic E-state index is 0.00874. The fourth-order valence-corrected chi connectivity index (χ4v) is 2.05. The number of hydrogen-bond acceptors (Lipinski definition) is 6. The van der Waals surface area contributed by atoms with Crippen molar-refractivity contribution in [2.45, 2.75) is 6.29 Å². The molecule has 122 valence electrons. The standard InChI is InChI=1S/C16H19N3O4/c1-22-16(23-2)11-17-13-8-9-15(19(20)21)14(10-13)18-12-6-4-3-5-7-12/h3-10,16-18H,11H2,1-2H3. The van der Waals surface area contributed by atoms with Crippen molar-refractivity contribution in [3.05, 3.63) is 58.6 Å². The van der Waals surface area contributed by atoms with Crippen molar-refractivity contribution in [3.8, 4) is 0 Å². The number of methoxy groups -OCH3 is 2. The van der Waals surface area contributed by atoms with Crippen LogP contribution in [0.5, 0.6) is 0 Å². The van der Waals surface area contributed by atoms with Gasteiger partial charge in [-0.25, -0.2) is 0 Å². The Balaban J connectivity index is 2.20. The number of anilines is 3. The number of ether oxygens (including phenoxy) is 2. The molecule has 2 aromatic carbocycles. The van der Waals surface area contributed by atoms with Crippen molar-refractivity contribution in [1.82, 2.24) is 0 Å². The van der Waals surface area contributed by atoms with Crippen molar-refractivity contribution in [2.24, 2.45) is 0 Å². The molecule has 0 bridgehead atoms. The van der Waals surface area contributed by atoms with Crippen LogP contribution in [0, 0.1) is 10.1 Å². The van der Waals surface area contributed by atoms with Gasteiger partial charge in [0.2, 0.25) is 0 Å². The summed E-state index contributed by atoms with van der Waals surface area (Å²) in [5.41, 5.74) is 1.93. The molecule has 0 amide bonds. The molecule has 2 rings (SSSR count). The van der Waals surface area contributed by atoms with E-state index >= 15 is 0 Å². The SMILES string of the molecule is COC(CNc1ccc([N+](=O)[O-])c(Nc2ccccc2)c1)OC. The third-order valence-electron chi connectivity index (χ3n) is 3.24. The number of nitrogens with zero attached hydrogens (tertiary/aromatic N) is 1. The van der Waals surface area contributed by atoms with Crippen molar-refractivity contribution in [1.29, 1.82) is 0 Å². The van der Waals surface area contributed by atoms with E-state index in [4.69, 9.17) is 9.47 Å². The first-order valence-electron chi connectivity index (χ1n) is 7.04. The Morgan fingerprint density at radius 2 is 1.78 bits per heavy atom. The molecule has 23 heavy (non-hydrogen) atoms. The van der Waals surface area contributed by atoms with Gasteiger partial charge in [0.25, 0.3) is 5.69 Å². The molecule has 7 heteroatoms. The molecule has 0 saturated carbocycles. The van der Waals surface area contributed by atoms with Crippen LogP contribution in [0.1, 0.15) is 0 Å². The molecule has 0 heterocycles. The molecular weight excluding hydrogens is 298 g/mol. The molecule has 2 N–H and O–H groups in total. The van der Waals surface area contributed by atoms with Crippen LogP contribution in [-0.2, 0) is 9.47 Å². The number of nitro benzene ring substituents is 1. The second kappa shape index (κ2) is 8.11. The van der Waals surface area contributed by atoms with Crippen LogP contribution in [-0.4, -0.2) is 32.0 Å². The Bertz CT molecular complexity index is 645. The first kappa shape index (κ1) is 16.7. The van der Waals surface area contributed by atoms with Gasteiger partial charge >= 0.3 is 0 Å². The predicted octanol–water partition coefficient (Wildman–Crippen LogP) is 3.37. The molecule has 0 atom stereocenters. The summed E-state index contributed by atoms with van der Waals surface area (Å²) in [6.07, 6.45) is -0.393. The number of rotatable bonds is 8. The van der Waals surface area contributed by atoms with Gasteiger partial charge in [-0.2, -0.15) is 0 Å². The van der Waals surface area contributed by atoms with Crippen LogP contribution < -0.4 is 10.6 Å². The van der Waals surface area contributed by atoms with Gasteiger partial charge in [-0.15, -0.1) is 0 Å². The van der Waals surface area contributed by atoms with Crippen molar-refractivity contribution in [3.63, 3.8) is 0 Å². The fraction of sp³-hybridized carbons (Fsp3) is 0.250. The molecule has 2 aromatic rings. The third kappa shape index (κ3) is 4.67. The average molecular weight is 317 g/mol. The van der Waals surface area contributed by atoms with Gasteiger partial charge in [0.1, 0.15) is 5.69 Å². The largest absolute Gasteiger partial charge is 0.380 e. The number of nitro groups is 1. The second-order valence-electron chi connectivity index (χ2n) is 4.76. The Morgan fingerprint density at radius 1 is 1.09 bits per heavy atom. The number of nitrogens with one attached hydrogen (secondary N) is 2. The average Bonchev–Trinajstić information content (AvgIpc) is 2.56. The number of benzene rings is 2. The van der Waals surface area contributed by atoms with Crippen LogP contribution >= 0.6 is 0 Å². The Hall–Kier alpha value is -2.64. The molecule has 0 aromatic heterocycles. The Kier molecular flexibility index (Phi) is 5.90. The van der Waals surface area contributed by atoms with E-state index in [-0.39, 0.29) is 5.69 Å². The summed E-state index contributed by atoms with van der Waals surface area (Å²) < 4.78 is 10.2. The quantitative estimate of drug-likeness (QED) is 0.441. The minimum atomic E-state index is -0.415. The summed E-state index contributed by atoms with van der Waals surface area (Å²) >= 11 is 0. The third-order valence-corrected chi connectivity index (χ3v) is 3.24. The van der Waals surface area contributed by atoms with Crippen molar-refractivity contribution < 1.29 is 14.4 Å². The van der Waals surface area contributed by atoms with Gasteiger partial charge in [-0.05, 0) is 24.3 Å². The van der Waals surface area contributed by atoms with Gasteiger partial charge in [0, 0.05) is 31.7 Å². The molecule has 0 unspecified atom stereocenters.